The Bertz CT molecular complexity index is 88.4. The monoisotopic (exact) mass is 234 g/mol. The predicted octanol–water partition coefficient (Wildman–Crippen LogP) is 3.98. The minimum Gasteiger partial charge on any atom is -0.126 e. The summed E-state index contributed by atoms with van der Waals surface area (Å²) in [6.45, 7) is 6.87. The van der Waals surface area contributed by atoms with Crippen molar-refractivity contribution in [2.24, 2.45) is 0 Å². The van der Waals surface area contributed by atoms with Gasteiger partial charge in [-0.3, -0.25) is 0 Å². The maximum atomic E-state index is 5.73. The highest BCUT2D eigenvalue weighted by atomic mass is 35.8. The minimum atomic E-state index is -2.32. The quantitative estimate of drug-likeness (QED) is 0.513. The molecular weight excluding hydrogens is 223 g/mol. The molecule has 0 aliphatic carbocycles. The predicted molar refractivity (Wildman–Crippen MR) is 56.3 cm³/mol. The SMILES string of the molecule is C[Si](C)(C)CC[Si](Cl)(Cl)Cl. The first-order chi connectivity index (χ1) is 4.21. The van der Waals surface area contributed by atoms with Gasteiger partial charge in [-0.2, -0.15) is 0 Å². The van der Waals surface area contributed by atoms with Crippen molar-refractivity contribution in [2.45, 2.75) is 31.7 Å². The van der Waals surface area contributed by atoms with Crippen LogP contribution in [-0.2, 0) is 0 Å². The first-order valence-electron chi connectivity index (χ1n) is 3.27. The van der Waals surface area contributed by atoms with E-state index in [1.54, 1.807) is 0 Å². The van der Waals surface area contributed by atoms with Gasteiger partial charge in [0.25, 0.3) is 0 Å². The molecule has 0 aromatic rings. The van der Waals surface area contributed by atoms with Crippen molar-refractivity contribution in [3.05, 3.63) is 0 Å². The van der Waals surface area contributed by atoms with Gasteiger partial charge < -0.3 is 0 Å². The van der Waals surface area contributed by atoms with Crippen molar-refractivity contribution in [1.29, 1.82) is 0 Å². The minimum absolute atomic E-state index is 0.827. The van der Waals surface area contributed by atoms with Crippen LogP contribution in [-0.4, -0.2) is 14.1 Å². The molecule has 62 valence electrons. The lowest BCUT2D eigenvalue weighted by Gasteiger charge is -2.17. The van der Waals surface area contributed by atoms with Crippen LogP contribution in [0.3, 0.4) is 0 Å². The van der Waals surface area contributed by atoms with Crippen LogP contribution in [0.5, 0.6) is 0 Å². The van der Waals surface area contributed by atoms with Crippen LogP contribution >= 0.6 is 33.2 Å². The molecule has 0 fully saturated rings. The second kappa shape index (κ2) is 3.81. The van der Waals surface area contributed by atoms with Gasteiger partial charge in [-0.1, -0.05) is 25.7 Å². The molecule has 10 heavy (non-hydrogen) atoms. The van der Waals surface area contributed by atoms with E-state index in [2.05, 4.69) is 19.6 Å². The lowest BCUT2D eigenvalue weighted by atomic mass is 10.9. The maximum Gasteiger partial charge on any atom is 0.341 e. The zero-order valence-electron chi connectivity index (χ0n) is 6.55. The lowest BCUT2D eigenvalue weighted by molar-refractivity contribution is 1.33. The molecule has 0 unspecified atom stereocenters. The van der Waals surface area contributed by atoms with Crippen LogP contribution in [0.15, 0.2) is 0 Å². The molecule has 0 aromatic heterocycles. The van der Waals surface area contributed by atoms with Crippen molar-refractivity contribution < 1.29 is 0 Å². The summed E-state index contributed by atoms with van der Waals surface area (Å²) in [6, 6.07) is -0.354. The zero-order chi connectivity index (χ0) is 8.41. The Morgan fingerprint density at radius 1 is 0.900 bits per heavy atom. The van der Waals surface area contributed by atoms with Gasteiger partial charge in [-0.25, -0.2) is 0 Å². The van der Waals surface area contributed by atoms with Crippen LogP contribution in [0.1, 0.15) is 0 Å². The van der Waals surface area contributed by atoms with Gasteiger partial charge in [0.2, 0.25) is 0 Å². The Morgan fingerprint density at radius 3 is 1.40 bits per heavy atom. The molecule has 0 aromatic carbocycles. The van der Waals surface area contributed by atoms with E-state index >= 15 is 0 Å². The summed E-state index contributed by atoms with van der Waals surface area (Å²) in [6.07, 6.45) is 0. The number of rotatable bonds is 3. The van der Waals surface area contributed by atoms with Gasteiger partial charge in [0.1, 0.15) is 0 Å². The van der Waals surface area contributed by atoms with Crippen LogP contribution in [0.25, 0.3) is 0 Å². The van der Waals surface area contributed by atoms with Crippen LogP contribution < -0.4 is 0 Å². The third kappa shape index (κ3) is 9.30. The molecule has 0 spiro atoms. The standard InChI is InChI=1S/C5H13Cl3Si2/c1-9(2,3)4-5-10(6,7)8/h4-5H2,1-3H3. The smallest absolute Gasteiger partial charge is 0.126 e. The molecule has 0 saturated carbocycles. The topological polar surface area (TPSA) is 0 Å². The molecule has 0 amide bonds. The Morgan fingerprint density at radius 2 is 1.30 bits per heavy atom. The Kier molecular flexibility index (Phi) is 4.30. The fourth-order valence-corrected chi connectivity index (χ4v) is 7.20. The van der Waals surface area contributed by atoms with Gasteiger partial charge in [0.05, 0.1) is 0 Å². The third-order valence-corrected chi connectivity index (χ3v) is 5.93. The fourth-order valence-electron chi connectivity index (χ4n) is 0.517. The maximum absolute atomic E-state index is 5.73. The highest BCUT2D eigenvalue weighted by Gasteiger charge is 2.27. The van der Waals surface area contributed by atoms with Crippen LogP contribution in [0, 0.1) is 0 Å². The van der Waals surface area contributed by atoms with Crippen molar-refractivity contribution in [2.75, 3.05) is 0 Å². The molecule has 0 heterocycles. The van der Waals surface area contributed by atoms with E-state index in [1.807, 2.05) is 0 Å². The summed E-state index contributed by atoms with van der Waals surface area (Å²) >= 11 is 17.2. The molecule has 0 aliphatic rings. The van der Waals surface area contributed by atoms with Gasteiger partial charge >= 0.3 is 6.00 Å². The Labute approximate surface area is 79.0 Å². The van der Waals surface area contributed by atoms with Gasteiger partial charge in [0.15, 0.2) is 0 Å². The van der Waals surface area contributed by atoms with Crippen molar-refractivity contribution in [1.82, 2.24) is 0 Å². The van der Waals surface area contributed by atoms with Gasteiger partial charge in [0, 0.05) is 8.07 Å². The Hall–Kier alpha value is 1.30. The molecule has 0 atom stereocenters. The fraction of sp³-hybridized carbons (Fsp3) is 1.00. The van der Waals surface area contributed by atoms with Crippen molar-refractivity contribution in [3.8, 4) is 0 Å². The number of halogens is 3. The molecule has 0 rings (SSSR count). The normalized spacial score (nSPS) is 13.8. The molecule has 5 heteroatoms. The molecule has 0 bridgehead atoms. The van der Waals surface area contributed by atoms with Gasteiger partial charge in [-0.15, -0.1) is 33.2 Å². The van der Waals surface area contributed by atoms with E-state index in [1.165, 1.54) is 0 Å². The van der Waals surface area contributed by atoms with Crippen LogP contribution in [0.4, 0.5) is 0 Å². The highest BCUT2D eigenvalue weighted by molar-refractivity contribution is 7.64. The van der Waals surface area contributed by atoms with Crippen molar-refractivity contribution >= 4 is 47.3 Å². The number of hydrogen-bond donors (Lipinski definition) is 0. The highest BCUT2D eigenvalue weighted by Crippen LogP contribution is 2.29. The summed E-state index contributed by atoms with van der Waals surface area (Å²) < 4.78 is 0. The summed E-state index contributed by atoms with van der Waals surface area (Å²) in [5.41, 5.74) is 0. The lowest BCUT2D eigenvalue weighted by Crippen LogP contribution is -2.23. The first-order valence-corrected chi connectivity index (χ1v) is 12.2. The second-order valence-corrected chi connectivity index (χ2v) is 18.6. The average molecular weight is 236 g/mol. The molecule has 0 saturated heterocycles. The summed E-state index contributed by atoms with van der Waals surface area (Å²) in [5, 5.41) is 0. The molecular formula is C5H13Cl3Si2. The Balaban J connectivity index is 3.56. The third-order valence-electron chi connectivity index (χ3n) is 1.16. The average Bonchev–Trinajstić information content (AvgIpc) is 1.57. The van der Waals surface area contributed by atoms with Gasteiger partial charge in [-0.05, 0) is 6.04 Å². The van der Waals surface area contributed by atoms with E-state index < -0.39 is 14.1 Å². The summed E-state index contributed by atoms with van der Waals surface area (Å²) in [5.74, 6) is 0. The second-order valence-electron chi connectivity index (χ2n) is 3.68. The van der Waals surface area contributed by atoms with E-state index in [0.717, 1.165) is 12.1 Å². The first kappa shape index (κ1) is 11.3. The molecule has 0 N–H and O–H groups in total. The van der Waals surface area contributed by atoms with E-state index in [0.29, 0.717) is 0 Å². The molecule has 0 nitrogen and oxygen atoms in total. The summed E-state index contributed by atoms with van der Waals surface area (Å²) in [7, 11) is -0.986. The van der Waals surface area contributed by atoms with Crippen molar-refractivity contribution in [3.63, 3.8) is 0 Å². The largest absolute Gasteiger partial charge is 0.341 e. The molecule has 0 aliphatic heterocycles. The van der Waals surface area contributed by atoms with E-state index in [-0.39, 0.29) is 0 Å². The molecule has 0 radical (unpaired) electrons. The summed E-state index contributed by atoms with van der Waals surface area (Å²) in [4.78, 5) is 0. The van der Waals surface area contributed by atoms with E-state index in [4.69, 9.17) is 33.2 Å². The zero-order valence-corrected chi connectivity index (χ0v) is 10.8. The van der Waals surface area contributed by atoms with E-state index in [9.17, 15) is 0 Å². The number of hydrogen-bond acceptors (Lipinski definition) is 0. The van der Waals surface area contributed by atoms with Crippen LogP contribution in [0.2, 0.25) is 31.7 Å².